The molecule has 0 amide bonds. The van der Waals surface area contributed by atoms with Gasteiger partial charge in [0, 0.05) is 29.8 Å². The SMILES string of the molecule is CCC(C)N(CCOC(=O)C1c2ccccc2Oc2ccccc21)C(C)C. The molecular weight excluding hydrogens is 338 g/mol. The first kappa shape index (κ1) is 19.4. The Balaban J connectivity index is 1.75. The van der Waals surface area contributed by atoms with Gasteiger partial charge in [-0.2, -0.15) is 0 Å². The molecule has 0 bridgehead atoms. The van der Waals surface area contributed by atoms with E-state index in [1.54, 1.807) is 0 Å². The van der Waals surface area contributed by atoms with Gasteiger partial charge in [-0.25, -0.2) is 0 Å². The number of rotatable bonds is 7. The predicted octanol–water partition coefficient (Wildman–Crippen LogP) is 4.98. The van der Waals surface area contributed by atoms with Crippen molar-refractivity contribution in [2.75, 3.05) is 13.2 Å². The number of esters is 1. The molecule has 0 spiro atoms. The second kappa shape index (κ2) is 8.57. The zero-order chi connectivity index (χ0) is 19.4. The topological polar surface area (TPSA) is 38.8 Å². The lowest BCUT2D eigenvalue weighted by molar-refractivity contribution is -0.145. The maximum atomic E-state index is 13.0. The molecule has 0 fully saturated rings. The second-order valence-corrected chi connectivity index (χ2v) is 7.37. The number of carbonyl (C=O) groups is 1. The number of hydrogen-bond donors (Lipinski definition) is 0. The molecule has 4 heteroatoms. The molecule has 27 heavy (non-hydrogen) atoms. The molecule has 1 atom stereocenters. The Morgan fingerprint density at radius 3 is 2.11 bits per heavy atom. The quantitative estimate of drug-likeness (QED) is 0.647. The Kier molecular flexibility index (Phi) is 6.17. The van der Waals surface area contributed by atoms with Gasteiger partial charge in [0.2, 0.25) is 0 Å². The van der Waals surface area contributed by atoms with Crippen molar-refractivity contribution in [3.63, 3.8) is 0 Å². The summed E-state index contributed by atoms with van der Waals surface area (Å²) in [5, 5.41) is 0. The minimum Gasteiger partial charge on any atom is -0.464 e. The van der Waals surface area contributed by atoms with Crippen molar-refractivity contribution >= 4 is 5.97 Å². The minimum absolute atomic E-state index is 0.217. The van der Waals surface area contributed by atoms with Crippen LogP contribution in [0.3, 0.4) is 0 Å². The van der Waals surface area contributed by atoms with Crippen molar-refractivity contribution in [3.8, 4) is 11.5 Å². The van der Waals surface area contributed by atoms with Gasteiger partial charge in [0.15, 0.2) is 0 Å². The van der Waals surface area contributed by atoms with Crippen LogP contribution in [-0.2, 0) is 9.53 Å². The fourth-order valence-electron chi connectivity index (χ4n) is 3.72. The van der Waals surface area contributed by atoms with Gasteiger partial charge in [-0.05, 0) is 39.3 Å². The lowest BCUT2D eigenvalue weighted by Crippen LogP contribution is -2.41. The van der Waals surface area contributed by atoms with E-state index in [0.717, 1.165) is 35.6 Å². The van der Waals surface area contributed by atoms with E-state index in [1.165, 1.54) is 0 Å². The van der Waals surface area contributed by atoms with Crippen LogP contribution in [0.15, 0.2) is 48.5 Å². The van der Waals surface area contributed by atoms with E-state index in [9.17, 15) is 4.79 Å². The van der Waals surface area contributed by atoms with Crippen molar-refractivity contribution in [1.82, 2.24) is 4.90 Å². The van der Waals surface area contributed by atoms with Gasteiger partial charge in [-0.3, -0.25) is 9.69 Å². The first-order valence-corrected chi connectivity index (χ1v) is 9.81. The summed E-state index contributed by atoms with van der Waals surface area (Å²) in [6, 6.07) is 16.3. The van der Waals surface area contributed by atoms with E-state index in [1.807, 2.05) is 48.5 Å². The molecule has 1 heterocycles. The highest BCUT2D eigenvalue weighted by Crippen LogP contribution is 2.44. The highest BCUT2D eigenvalue weighted by molar-refractivity contribution is 5.85. The van der Waals surface area contributed by atoms with E-state index in [-0.39, 0.29) is 5.97 Å². The number of carbonyl (C=O) groups excluding carboxylic acids is 1. The van der Waals surface area contributed by atoms with Crippen molar-refractivity contribution < 1.29 is 14.3 Å². The third-order valence-corrected chi connectivity index (χ3v) is 5.33. The summed E-state index contributed by atoms with van der Waals surface area (Å²) in [7, 11) is 0. The summed E-state index contributed by atoms with van der Waals surface area (Å²) < 4.78 is 11.7. The molecule has 1 aliphatic rings. The second-order valence-electron chi connectivity index (χ2n) is 7.37. The third kappa shape index (κ3) is 4.16. The summed E-state index contributed by atoms with van der Waals surface area (Å²) in [5.74, 6) is 0.788. The maximum absolute atomic E-state index is 13.0. The molecule has 3 rings (SSSR count). The van der Waals surface area contributed by atoms with Gasteiger partial charge in [0.25, 0.3) is 0 Å². The zero-order valence-electron chi connectivity index (χ0n) is 16.6. The zero-order valence-corrected chi connectivity index (χ0v) is 16.6. The summed E-state index contributed by atoms with van der Waals surface area (Å²) in [5.41, 5.74) is 1.73. The van der Waals surface area contributed by atoms with Crippen LogP contribution in [0.2, 0.25) is 0 Å². The van der Waals surface area contributed by atoms with Crippen LogP contribution < -0.4 is 4.74 Å². The van der Waals surface area contributed by atoms with Gasteiger partial charge < -0.3 is 9.47 Å². The van der Waals surface area contributed by atoms with E-state index >= 15 is 0 Å². The van der Waals surface area contributed by atoms with E-state index < -0.39 is 5.92 Å². The molecule has 0 aromatic heterocycles. The first-order chi connectivity index (χ1) is 13.0. The summed E-state index contributed by atoms with van der Waals surface area (Å²) in [6.45, 7) is 9.89. The number of hydrogen-bond acceptors (Lipinski definition) is 4. The van der Waals surface area contributed by atoms with Gasteiger partial charge in [0.1, 0.15) is 24.0 Å². The van der Waals surface area contributed by atoms with E-state index in [0.29, 0.717) is 18.7 Å². The predicted molar refractivity (Wildman–Crippen MR) is 107 cm³/mol. The summed E-state index contributed by atoms with van der Waals surface area (Å²) in [4.78, 5) is 15.4. The smallest absolute Gasteiger partial charge is 0.318 e. The normalized spacial score (nSPS) is 14.4. The van der Waals surface area contributed by atoms with Crippen molar-refractivity contribution in [3.05, 3.63) is 59.7 Å². The van der Waals surface area contributed by atoms with E-state index in [4.69, 9.17) is 9.47 Å². The molecule has 0 N–H and O–H groups in total. The molecular formula is C23H29NO3. The summed E-state index contributed by atoms with van der Waals surface area (Å²) >= 11 is 0. The molecule has 0 saturated carbocycles. The van der Waals surface area contributed by atoms with Crippen LogP contribution in [0, 0.1) is 0 Å². The van der Waals surface area contributed by atoms with Crippen LogP contribution in [0.4, 0.5) is 0 Å². The van der Waals surface area contributed by atoms with Crippen molar-refractivity contribution in [2.24, 2.45) is 0 Å². The number of benzene rings is 2. The van der Waals surface area contributed by atoms with Gasteiger partial charge in [-0.15, -0.1) is 0 Å². The van der Waals surface area contributed by atoms with E-state index in [2.05, 4.69) is 32.6 Å². The number of para-hydroxylation sites is 2. The Hall–Kier alpha value is -2.33. The highest BCUT2D eigenvalue weighted by Gasteiger charge is 2.33. The average molecular weight is 367 g/mol. The molecule has 2 aromatic carbocycles. The van der Waals surface area contributed by atoms with Crippen LogP contribution in [0.25, 0.3) is 0 Å². The molecule has 1 aliphatic heterocycles. The average Bonchev–Trinajstić information content (AvgIpc) is 2.68. The van der Waals surface area contributed by atoms with Gasteiger partial charge in [-0.1, -0.05) is 43.3 Å². The summed E-state index contributed by atoms with van der Waals surface area (Å²) in [6.07, 6.45) is 1.08. The Bertz CT molecular complexity index is 741. The molecule has 144 valence electrons. The molecule has 0 saturated heterocycles. The number of nitrogens with zero attached hydrogens (tertiary/aromatic N) is 1. The lowest BCUT2D eigenvalue weighted by atomic mass is 9.88. The number of ether oxygens (including phenoxy) is 2. The van der Waals surface area contributed by atoms with Crippen LogP contribution in [-0.4, -0.2) is 36.1 Å². The largest absolute Gasteiger partial charge is 0.464 e. The van der Waals surface area contributed by atoms with Crippen LogP contribution >= 0.6 is 0 Å². The number of fused-ring (bicyclic) bond motifs is 2. The Morgan fingerprint density at radius 1 is 1.04 bits per heavy atom. The Morgan fingerprint density at radius 2 is 1.59 bits per heavy atom. The molecule has 0 aliphatic carbocycles. The standard InChI is InChI=1S/C23H29NO3/c1-5-17(4)24(16(2)3)14-15-26-23(25)22-18-10-6-8-12-20(18)27-21-13-9-7-11-19(21)22/h6-13,16-17,22H,5,14-15H2,1-4H3. The van der Waals surface area contributed by atoms with Gasteiger partial charge in [0.05, 0.1) is 0 Å². The maximum Gasteiger partial charge on any atom is 0.318 e. The third-order valence-electron chi connectivity index (χ3n) is 5.33. The molecule has 2 aromatic rings. The van der Waals surface area contributed by atoms with Gasteiger partial charge >= 0.3 is 5.97 Å². The molecule has 4 nitrogen and oxygen atoms in total. The molecule has 1 unspecified atom stereocenters. The van der Waals surface area contributed by atoms with Crippen molar-refractivity contribution in [2.45, 2.75) is 52.1 Å². The van der Waals surface area contributed by atoms with Crippen LogP contribution in [0.1, 0.15) is 51.2 Å². The first-order valence-electron chi connectivity index (χ1n) is 9.81. The highest BCUT2D eigenvalue weighted by atomic mass is 16.5. The Labute approximate surface area is 162 Å². The molecule has 0 radical (unpaired) electrons. The van der Waals surface area contributed by atoms with Crippen LogP contribution in [0.5, 0.6) is 11.5 Å². The fourth-order valence-corrected chi connectivity index (χ4v) is 3.72. The minimum atomic E-state index is -0.442. The lowest BCUT2D eigenvalue weighted by Gasteiger charge is -2.32. The monoisotopic (exact) mass is 367 g/mol. The fraction of sp³-hybridized carbons (Fsp3) is 0.435. The van der Waals surface area contributed by atoms with Crippen molar-refractivity contribution in [1.29, 1.82) is 0 Å².